The summed E-state index contributed by atoms with van der Waals surface area (Å²) < 4.78 is 5.43. The third-order valence-corrected chi connectivity index (χ3v) is 1.56. The molecule has 80 valence electrons. The zero-order valence-corrected chi connectivity index (χ0v) is 8.86. The van der Waals surface area contributed by atoms with Crippen LogP contribution in [0.2, 0.25) is 0 Å². The molecule has 0 spiro atoms. The van der Waals surface area contributed by atoms with Crippen LogP contribution in [0.3, 0.4) is 0 Å². The van der Waals surface area contributed by atoms with Crippen LogP contribution in [0.25, 0.3) is 0 Å². The summed E-state index contributed by atoms with van der Waals surface area (Å²) in [5, 5.41) is 2.62. The van der Waals surface area contributed by atoms with Crippen molar-refractivity contribution in [1.29, 1.82) is 0 Å². The molecule has 1 rings (SSSR count). The van der Waals surface area contributed by atoms with Crippen molar-refractivity contribution in [3.63, 3.8) is 0 Å². The number of amides is 1. The van der Waals surface area contributed by atoms with E-state index in [9.17, 15) is 4.79 Å². The summed E-state index contributed by atoms with van der Waals surface area (Å²) in [6, 6.07) is 3.46. The van der Waals surface area contributed by atoms with Gasteiger partial charge in [-0.3, -0.25) is 4.79 Å². The van der Waals surface area contributed by atoms with Crippen molar-refractivity contribution in [1.82, 2.24) is 4.98 Å². The molecular formula is C11H14N2O2. The van der Waals surface area contributed by atoms with Crippen LogP contribution in [-0.2, 0) is 4.79 Å². The Morgan fingerprint density at radius 3 is 3.00 bits per heavy atom. The Labute approximate surface area is 89.0 Å². The number of anilines is 1. The maximum absolute atomic E-state index is 11.1. The molecule has 1 N–H and O–H groups in total. The molecule has 0 saturated heterocycles. The molecule has 1 aromatic rings. The second kappa shape index (κ2) is 5.14. The molecular weight excluding hydrogens is 192 g/mol. The summed E-state index contributed by atoms with van der Waals surface area (Å²) >= 11 is 0. The molecule has 1 aromatic heterocycles. The van der Waals surface area contributed by atoms with Crippen molar-refractivity contribution < 1.29 is 9.53 Å². The van der Waals surface area contributed by atoms with Crippen molar-refractivity contribution in [2.24, 2.45) is 0 Å². The predicted octanol–water partition coefficient (Wildman–Crippen LogP) is 1.99. The van der Waals surface area contributed by atoms with Crippen LogP contribution in [0, 0.1) is 0 Å². The van der Waals surface area contributed by atoms with Crippen LogP contribution in [0.5, 0.6) is 5.88 Å². The number of nitrogens with one attached hydrogen (secondary N) is 1. The number of nitrogens with zero attached hydrogens (tertiary/aromatic N) is 1. The minimum absolute atomic E-state index is 0.0132. The number of carbonyl (C=O) groups excluding carboxylic acids is 1. The van der Waals surface area contributed by atoms with Crippen LogP contribution in [0.4, 0.5) is 5.69 Å². The van der Waals surface area contributed by atoms with Gasteiger partial charge in [-0.05, 0) is 32.1 Å². The Balaban J connectivity index is 2.85. The monoisotopic (exact) mass is 206 g/mol. The summed E-state index contributed by atoms with van der Waals surface area (Å²) in [7, 11) is 0. The molecule has 0 aromatic carbocycles. The van der Waals surface area contributed by atoms with E-state index >= 15 is 0 Å². The van der Waals surface area contributed by atoms with Gasteiger partial charge in [0.15, 0.2) is 0 Å². The van der Waals surface area contributed by atoms with Gasteiger partial charge in [-0.2, -0.15) is 0 Å². The molecule has 0 radical (unpaired) electrons. The number of pyridine rings is 1. The standard InChI is InChI=1S/C11H14N2O2/c1-4-10(14)13-9-6-5-7-12-11(9)15-8(2)3/h4-8H,1H2,2-3H3,(H,13,14). The van der Waals surface area contributed by atoms with Gasteiger partial charge in [-0.1, -0.05) is 6.58 Å². The van der Waals surface area contributed by atoms with Gasteiger partial charge in [0.05, 0.1) is 6.10 Å². The zero-order chi connectivity index (χ0) is 11.3. The van der Waals surface area contributed by atoms with Gasteiger partial charge < -0.3 is 10.1 Å². The molecule has 4 nitrogen and oxygen atoms in total. The molecule has 1 heterocycles. The van der Waals surface area contributed by atoms with Gasteiger partial charge >= 0.3 is 0 Å². The highest BCUT2D eigenvalue weighted by molar-refractivity contribution is 5.99. The molecule has 0 atom stereocenters. The summed E-state index contributed by atoms with van der Waals surface area (Å²) in [5.74, 6) is 0.138. The lowest BCUT2D eigenvalue weighted by atomic mass is 10.4. The second-order valence-electron chi connectivity index (χ2n) is 3.22. The number of ether oxygens (including phenoxy) is 1. The Kier molecular flexibility index (Phi) is 3.85. The third-order valence-electron chi connectivity index (χ3n) is 1.56. The predicted molar refractivity (Wildman–Crippen MR) is 58.8 cm³/mol. The molecule has 0 aliphatic carbocycles. The van der Waals surface area contributed by atoms with Crippen LogP contribution in [0.1, 0.15) is 13.8 Å². The maximum atomic E-state index is 11.1. The minimum Gasteiger partial charge on any atom is -0.473 e. The molecule has 0 saturated carbocycles. The van der Waals surface area contributed by atoms with Crippen LogP contribution < -0.4 is 10.1 Å². The van der Waals surface area contributed by atoms with E-state index in [4.69, 9.17) is 4.74 Å². The minimum atomic E-state index is -0.281. The van der Waals surface area contributed by atoms with Gasteiger partial charge in [0, 0.05) is 6.20 Å². The first-order valence-corrected chi connectivity index (χ1v) is 4.68. The molecule has 0 aliphatic rings. The molecule has 0 bridgehead atoms. The number of carbonyl (C=O) groups is 1. The number of rotatable bonds is 4. The van der Waals surface area contributed by atoms with E-state index in [1.807, 2.05) is 13.8 Å². The highest BCUT2D eigenvalue weighted by Gasteiger charge is 2.07. The lowest BCUT2D eigenvalue weighted by Crippen LogP contribution is -2.12. The van der Waals surface area contributed by atoms with Crippen molar-refractivity contribution >= 4 is 11.6 Å². The van der Waals surface area contributed by atoms with Crippen molar-refractivity contribution in [2.75, 3.05) is 5.32 Å². The fourth-order valence-electron chi connectivity index (χ4n) is 0.987. The van der Waals surface area contributed by atoms with Crippen molar-refractivity contribution in [3.05, 3.63) is 31.0 Å². The summed E-state index contributed by atoms with van der Waals surface area (Å²) in [6.45, 7) is 7.17. The second-order valence-corrected chi connectivity index (χ2v) is 3.22. The molecule has 4 heteroatoms. The summed E-state index contributed by atoms with van der Waals surface area (Å²) in [6.07, 6.45) is 2.83. The smallest absolute Gasteiger partial charge is 0.247 e. The Morgan fingerprint density at radius 1 is 1.67 bits per heavy atom. The van der Waals surface area contributed by atoms with Crippen molar-refractivity contribution in [3.8, 4) is 5.88 Å². The fourth-order valence-corrected chi connectivity index (χ4v) is 0.987. The summed E-state index contributed by atoms with van der Waals surface area (Å²) in [4.78, 5) is 15.1. The summed E-state index contributed by atoms with van der Waals surface area (Å²) in [5.41, 5.74) is 0.552. The van der Waals surface area contributed by atoms with E-state index in [0.29, 0.717) is 11.6 Å². The molecule has 1 amide bonds. The first kappa shape index (κ1) is 11.2. The normalized spacial score (nSPS) is 9.80. The van der Waals surface area contributed by atoms with Crippen molar-refractivity contribution in [2.45, 2.75) is 20.0 Å². The first-order chi connectivity index (χ1) is 7.13. The van der Waals surface area contributed by atoms with Gasteiger partial charge in [0.2, 0.25) is 11.8 Å². The highest BCUT2D eigenvalue weighted by Crippen LogP contribution is 2.21. The van der Waals surface area contributed by atoms with Crippen LogP contribution in [-0.4, -0.2) is 17.0 Å². The lowest BCUT2D eigenvalue weighted by Gasteiger charge is -2.12. The SMILES string of the molecule is C=CC(=O)Nc1cccnc1OC(C)C. The fraction of sp³-hybridized carbons (Fsp3) is 0.273. The van der Waals surface area contributed by atoms with Crippen LogP contribution in [0.15, 0.2) is 31.0 Å². The Hall–Kier alpha value is -1.84. The number of hydrogen-bond donors (Lipinski definition) is 1. The number of aromatic nitrogens is 1. The van der Waals surface area contributed by atoms with E-state index in [1.54, 1.807) is 18.3 Å². The first-order valence-electron chi connectivity index (χ1n) is 4.68. The molecule has 15 heavy (non-hydrogen) atoms. The number of hydrogen-bond acceptors (Lipinski definition) is 3. The van der Waals surface area contributed by atoms with Gasteiger partial charge in [-0.25, -0.2) is 4.98 Å². The lowest BCUT2D eigenvalue weighted by molar-refractivity contribution is -0.111. The van der Waals surface area contributed by atoms with Gasteiger partial charge in [-0.15, -0.1) is 0 Å². The average molecular weight is 206 g/mol. The van der Waals surface area contributed by atoms with E-state index in [-0.39, 0.29) is 12.0 Å². The largest absolute Gasteiger partial charge is 0.473 e. The molecule has 0 aliphatic heterocycles. The zero-order valence-electron chi connectivity index (χ0n) is 8.86. The average Bonchev–Trinajstić information content (AvgIpc) is 2.20. The Bertz CT molecular complexity index is 361. The topological polar surface area (TPSA) is 51.2 Å². The maximum Gasteiger partial charge on any atom is 0.247 e. The quantitative estimate of drug-likeness (QED) is 0.766. The van der Waals surface area contributed by atoms with Gasteiger partial charge in [0.25, 0.3) is 0 Å². The molecule has 0 unspecified atom stereocenters. The van der Waals surface area contributed by atoms with E-state index in [1.165, 1.54) is 6.08 Å². The Morgan fingerprint density at radius 2 is 2.40 bits per heavy atom. The van der Waals surface area contributed by atoms with E-state index in [2.05, 4.69) is 16.9 Å². The van der Waals surface area contributed by atoms with Gasteiger partial charge in [0.1, 0.15) is 5.69 Å². The molecule has 0 fully saturated rings. The van der Waals surface area contributed by atoms with E-state index < -0.39 is 0 Å². The van der Waals surface area contributed by atoms with Crippen LogP contribution >= 0.6 is 0 Å². The third kappa shape index (κ3) is 3.42. The van der Waals surface area contributed by atoms with E-state index in [0.717, 1.165) is 0 Å². The highest BCUT2D eigenvalue weighted by atomic mass is 16.5.